The van der Waals surface area contributed by atoms with Crippen LogP contribution in [0.3, 0.4) is 0 Å². The first-order valence-electron chi connectivity index (χ1n) is 12.5. The van der Waals surface area contributed by atoms with Gasteiger partial charge in [-0.3, -0.25) is 0 Å². The summed E-state index contributed by atoms with van der Waals surface area (Å²) in [5.41, 5.74) is 1.30. The molecule has 30 heavy (non-hydrogen) atoms. The van der Waals surface area contributed by atoms with Gasteiger partial charge in [0.2, 0.25) is 0 Å². The molecule has 2 saturated carbocycles. The van der Waals surface area contributed by atoms with Crippen molar-refractivity contribution in [3.8, 4) is 0 Å². The van der Waals surface area contributed by atoms with Gasteiger partial charge >= 0.3 is 0 Å². The van der Waals surface area contributed by atoms with E-state index >= 15 is 0 Å². The maximum Gasteiger partial charge on any atom is 0.166 e. The van der Waals surface area contributed by atoms with Crippen molar-refractivity contribution >= 4 is 10.8 Å². The number of fused-ring (bicyclic) bond motifs is 1. The molecule has 0 heterocycles. The summed E-state index contributed by atoms with van der Waals surface area (Å²) >= 11 is 0. The van der Waals surface area contributed by atoms with E-state index in [2.05, 4.69) is 13.0 Å². The van der Waals surface area contributed by atoms with Gasteiger partial charge in [-0.25, -0.2) is 8.78 Å². The zero-order valence-electron chi connectivity index (χ0n) is 18.6. The molecule has 0 amide bonds. The highest BCUT2D eigenvalue weighted by molar-refractivity contribution is 5.84. The number of benzene rings is 2. The van der Waals surface area contributed by atoms with Crippen LogP contribution in [0.1, 0.15) is 102 Å². The van der Waals surface area contributed by atoms with E-state index in [4.69, 9.17) is 0 Å². The molecule has 0 N–H and O–H groups in total. The molecule has 0 unspecified atom stereocenters. The van der Waals surface area contributed by atoms with Crippen LogP contribution in [0.25, 0.3) is 10.8 Å². The van der Waals surface area contributed by atoms with Crippen molar-refractivity contribution in [3.63, 3.8) is 0 Å². The normalized spacial score (nSPS) is 27.4. The average molecular weight is 413 g/mol. The molecule has 2 fully saturated rings. The number of hydrogen-bond donors (Lipinski definition) is 0. The van der Waals surface area contributed by atoms with Crippen LogP contribution in [0, 0.1) is 29.4 Å². The Labute approximate surface area is 181 Å². The molecule has 0 bridgehead atoms. The molecule has 0 radical (unpaired) electrons. The molecule has 0 spiro atoms. The van der Waals surface area contributed by atoms with Crippen molar-refractivity contribution in [3.05, 3.63) is 47.5 Å². The molecule has 0 aliphatic heterocycles. The standard InChI is InChI=1S/C28H38F2/c1-2-3-4-20-5-7-21(8-6-20)9-10-22-11-13-23(14-12-22)24-15-17-26-25(19-24)16-18-27(29)28(26)30/h15-23H,2-14H2,1H3. The number of halogens is 2. The fourth-order valence-electron chi connectivity index (χ4n) is 6.10. The second kappa shape index (κ2) is 10.2. The molecule has 0 nitrogen and oxygen atoms in total. The van der Waals surface area contributed by atoms with E-state index in [1.807, 2.05) is 6.07 Å². The topological polar surface area (TPSA) is 0 Å². The van der Waals surface area contributed by atoms with Crippen LogP contribution < -0.4 is 0 Å². The minimum absolute atomic E-state index is 0.400. The molecular formula is C28H38F2. The van der Waals surface area contributed by atoms with Crippen LogP contribution in [0.2, 0.25) is 0 Å². The third-order valence-corrected chi connectivity index (χ3v) is 8.16. The number of rotatable bonds is 7. The maximum absolute atomic E-state index is 14.0. The first kappa shape index (κ1) is 21.8. The highest BCUT2D eigenvalue weighted by Gasteiger charge is 2.25. The van der Waals surface area contributed by atoms with E-state index in [1.165, 1.54) is 95.1 Å². The molecule has 2 heteroatoms. The van der Waals surface area contributed by atoms with Crippen molar-refractivity contribution in [1.29, 1.82) is 0 Å². The molecule has 4 rings (SSSR count). The molecule has 164 valence electrons. The van der Waals surface area contributed by atoms with E-state index in [1.54, 1.807) is 12.1 Å². The lowest BCUT2D eigenvalue weighted by molar-refractivity contribution is 0.223. The van der Waals surface area contributed by atoms with E-state index < -0.39 is 11.6 Å². The first-order chi connectivity index (χ1) is 14.6. The van der Waals surface area contributed by atoms with Crippen molar-refractivity contribution in [2.75, 3.05) is 0 Å². The van der Waals surface area contributed by atoms with Gasteiger partial charge < -0.3 is 0 Å². The van der Waals surface area contributed by atoms with Crippen molar-refractivity contribution in [2.45, 2.75) is 96.3 Å². The van der Waals surface area contributed by atoms with Gasteiger partial charge in [0.15, 0.2) is 11.6 Å². The third-order valence-electron chi connectivity index (χ3n) is 8.16. The summed E-state index contributed by atoms with van der Waals surface area (Å²) in [4.78, 5) is 0. The van der Waals surface area contributed by atoms with Gasteiger partial charge in [0.1, 0.15) is 0 Å². The predicted octanol–water partition coefficient (Wildman–Crippen LogP) is 9.17. The van der Waals surface area contributed by atoms with Crippen LogP contribution >= 0.6 is 0 Å². The van der Waals surface area contributed by atoms with Crippen LogP contribution in [-0.4, -0.2) is 0 Å². The van der Waals surface area contributed by atoms with Crippen LogP contribution in [0.4, 0.5) is 8.78 Å². The third kappa shape index (κ3) is 5.24. The first-order valence-corrected chi connectivity index (χ1v) is 12.5. The second-order valence-corrected chi connectivity index (χ2v) is 10.2. The smallest absolute Gasteiger partial charge is 0.166 e. The molecule has 0 saturated heterocycles. The highest BCUT2D eigenvalue weighted by Crippen LogP contribution is 2.41. The monoisotopic (exact) mass is 412 g/mol. The quantitative estimate of drug-likeness (QED) is 0.425. The Kier molecular flexibility index (Phi) is 7.44. The van der Waals surface area contributed by atoms with Crippen molar-refractivity contribution in [1.82, 2.24) is 0 Å². The minimum Gasteiger partial charge on any atom is -0.204 e. The zero-order valence-corrected chi connectivity index (χ0v) is 18.6. The van der Waals surface area contributed by atoms with Crippen molar-refractivity contribution < 1.29 is 8.78 Å². The summed E-state index contributed by atoms with van der Waals surface area (Å²) in [5.74, 6) is 1.99. The van der Waals surface area contributed by atoms with Gasteiger partial charge in [0.25, 0.3) is 0 Å². The summed E-state index contributed by atoms with van der Waals surface area (Å²) in [5, 5.41) is 1.22. The Morgan fingerprint density at radius 1 is 0.733 bits per heavy atom. The lowest BCUT2D eigenvalue weighted by Crippen LogP contribution is -2.17. The van der Waals surface area contributed by atoms with Gasteiger partial charge in [0, 0.05) is 5.39 Å². The van der Waals surface area contributed by atoms with Crippen LogP contribution in [0.5, 0.6) is 0 Å². The Morgan fingerprint density at radius 3 is 1.97 bits per heavy atom. The minimum atomic E-state index is -0.759. The molecular weight excluding hydrogens is 374 g/mol. The van der Waals surface area contributed by atoms with Gasteiger partial charge in [-0.05, 0) is 66.4 Å². The van der Waals surface area contributed by atoms with Gasteiger partial charge in [-0.1, -0.05) is 89.0 Å². The summed E-state index contributed by atoms with van der Waals surface area (Å²) in [6.07, 6.45) is 18.1. The largest absolute Gasteiger partial charge is 0.204 e. The maximum atomic E-state index is 14.0. The zero-order chi connectivity index (χ0) is 20.9. The van der Waals surface area contributed by atoms with Crippen LogP contribution in [0.15, 0.2) is 30.3 Å². The summed E-state index contributed by atoms with van der Waals surface area (Å²) in [6.45, 7) is 2.31. The summed E-state index contributed by atoms with van der Waals surface area (Å²) in [7, 11) is 0. The number of unbranched alkanes of at least 4 members (excludes halogenated alkanes) is 1. The fourth-order valence-corrected chi connectivity index (χ4v) is 6.10. The molecule has 2 aliphatic carbocycles. The average Bonchev–Trinajstić information content (AvgIpc) is 2.79. The van der Waals surface area contributed by atoms with E-state index in [-0.39, 0.29) is 0 Å². The molecule has 2 aromatic rings. The van der Waals surface area contributed by atoms with Crippen LogP contribution in [-0.2, 0) is 0 Å². The Morgan fingerprint density at radius 2 is 1.33 bits per heavy atom. The Hall–Kier alpha value is -1.44. The lowest BCUT2D eigenvalue weighted by atomic mass is 9.74. The summed E-state index contributed by atoms with van der Waals surface area (Å²) < 4.78 is 27.4. The Balaban J connectivity index is 1.23. The molecule has 2 aliphatic rings. The van der Waals surface area contributed by atoms with E-state index in [0.717, 1.165) is 23.1 Å². The van der Waals surface area contributed by atoms with E-state index in [9.17, 15) is 8.78 Å². The van der Waals surface area contributed by atoms with Gasteiger partial charge in [0.05, 0.1) is 0 Å². The summed E-state index contributed by atoms with van der Waals surface area (Å²) in [6, 6.07) is 8.83. The number of hydrogen-bond acceptors (Lipinski definition) is 0. The Bertz CT molecular complexity index is 811. The SMILES string of the molecule is CCCCC1CCC(CCC2CCC(c3ccc4c(F)c(F)ccc4c3)CC2)CC1. The lowest BCUT2D eigenvalue weighted by Gasteiger charge is -2.32. The highest BCUT2D eigenvalue weighted by atomic mass is 19.2. The predicted molar refractivity (Wildman–Crippen MR) is 123 cm³/mol. The fraction of sp³-hybridized carbons (Fsp3) is 0.643. The van der Waals surface area contributed by atoms with E-state index in [0.29, 0.717) is 11.3 Å². The molecule has 0 aromatic heterocycles. The van der Waals surface area contributed by atoms with Gasteiger partial charge in [-0.2, -0.15) is 0 Å². The molecule has 0 atom stereocenters. The van der Waals surface area contributed by atoms with Crippen molar-refractivity contribution in [2.24, 2.45) is 17.8 Å². The van der Waals surface area contributed by atoms with Gasteiger partial charge in [-0.15, -0.1) is 0 Å². The second-order valence-electron chi connectivity index (χ2n) is 10.2. The molecule has 2 aromatic carbocycles.